The van der Waals surface area contributed by atoms with Crippen molar-refractivity contribution in [1.29, 1.82) is 0 Å². The number of nitrogens with zero attached hydrogens (tertiary/aromatic N) is 2. The zero-order chi connectivity index (χ0) is 14.9. The summed E-state index contributed by atoms with van der Waals surface area (Å²) in [6.45, 7) is 5.33. The van der Waals surface area contributed by atoms with Crippen molar-refractivity contribution in [3.8, 4) is 0 Å². The van der Waals surface area contributed by atoms with Crippen LogP contribution in [-0.4, -0.2) is 23.0 Å². The first-order chi connectivity index (χ1) is 10.3. The van der Waals surface area contributed by atoms with Gasteiger partial charge in [-0.25, -0.2) is 0 Å². The van der Waals surface area contributed by atoms with Crippen molar-refractivity contribution in [3.05, 3.63) is 66.0 Å². The quantitative estimate of drug-likeness (QED) is 0.807. The average molecular weight is 283 g/mol. The van der Waals surface area contributed by atoms with E-state index < -0.39 is 0 Å². The average Bonchev–Trinajstić information content (AvgIpc) is 2.55. The predicted octanol–water partition coefficient (Wildman–Crippen LogP) is 3.38. The van der Waals surface area contributed by atoms with Crippen molar-refractivity contribution >= 4 is 0 Å². The van der Waals surface area contributed by atoms with Gasteiger partial charge in [0.25, 0.3) is 0 Å². The third-order valence-corrected chi connectivity index (χ3v) is 3.82. The molecule has 2 rings (SSSR count). The standard InChI is InChI=1S/C18H25N3/c1-2-21(15-16-10-12-20-13-11-16)14-6-9-18(19)17-7-4-3-5-8-17/h3-5,7-8,10-13,18H,2,6,9,14-15,19H2,1H3. The summed E-state index contributed by atoms with van der Waals surface area (Å²) < 4.78 is 0. The van der Waals surface area contributed by atoms with Gasteiger partial charge in [-0.2, -0.15) is 0 Å². The molecule has 1 atom stereocenters. The predicted molar refractivity (Wildman–Crippen MR) is 87.8 cm³/mol. The highest BCUT2D eigenvalue weighted by Gasteiger charge is 2.07. The van der Waals surface area contributed by atoms with Crippen LogP contribution < -0.4 is 5.73 Å². The molecule has 0 aliphatic heterocycles. The second-order valence-electron chi connectivity index (χ2n) is 5.38. The lowest BCUT2D eigenvalue weighted by Crippen LogP contribution is -2.25. The van der Waals surface area contributed by atoms with E-state index in [4.69, 9.17) is 5.73 Å². The van der Waals surface area contributed by atoms with Gasteiger partial charge >= 0.3 is 0 Å². The van der Waals surface area contributed by atoms with Crippen molar-refractivity contribution in [3.63, 3.8) is 0 Å². The molecule has 0 radical (unpaired) electrons. The summed E-state index contributed by atoms with van der Waals surface area (Å²) in [4.78, 5) is 6.51. The lowest BCUT2D eigenvalue weighted by Gasteiger charge is -2.21. The number of hydrogen-bond donors (Lipinski definition) is 1. The van der Waals surface area contributed by atoms with Gasteiger partial charge in [0, 0.05) is 25.0 Å². The Balaban J connectivity index is 1.76. The van der Waals surface area contributed by atoms with Gasteiger partial charge in [-0.3, -0.25) is 9.88 Å². The maximum atomic E-state index is 6.25. The topological polar surface area (TPSA) is 42.1 Å². The van der Waals surface area contributed by atoms with Crippen LogP contribution in [-0.2, 0) is 6.54 Å². The molecule has 0 fully saturated rings. The SMILES string of the molecule is CCN(CCCC(N)c1ccccc1)Cc1ccncc1. The summed E-state index contributed by atoms with van der Waals surface area (Å²) >= 11 is 0. The number of pyridine rings is 1. The van der Waals surface area contributed by atoms with E-state index in [9.17, 15) is 0 Å². The van der Waals surface area contributed by atoms with Crippen molar-refractivity contribution < 1.29 is 0 Å². The van der Waals surface area contributed by atoms with E-state index in [0.29, 0.717) is 0 Å². The monoisotopic (exact) mass is 283 g/mol. The minimum Gasteiger partial charge on any atom is -0.324 e. The lowest BCUT2D eigenvalue weighted by molar-refractivity contribution is 0.270. The molecule has 2 aromatic rings. The molecule has 1 aromatic heterocycles. The molecular formula is C18H25N3. The van der Waals surface area contributed by atoms with Gasteiger partial charge in [-0.15, -0.1) is 0 Å². The minimum absolute atomic E-state index is 0.144. The first-order valence-electron chi connectivity index (χ1n) is 7.71. The van der Waals surface area contributed by atoms with Gasteiger partial charge < -0.3 is 5.73 Å². The summed E-state index contributed by atoms with van der Waals surface area (Å²) in [6, 6.07) is 14.7. The molecule has 3 nitrogen and oxygen atoms in total. The molecule has 0 aliphatic rings. The summed E-state index contributed by atoms with van der Waals surface area (Å²) in [7, 11) is 0. The van der Waals surface area contributed by atoms with Gasteiger partial charge in [-0.1, -0.05) is 37.3 Å². The second kappa shape index (κ2) is 8.55. The molecule has 0 aliphatic carbocycles. The number of benzene rings is 1. The van der Waals surface area contributed by atoms with Gasteiger partial charge in [0.15, 0.2) is 0 Å². The Kier molecular flexibility index (Phi) is 6.38. The van der Waals surface area contributed by atoms with Crippen LogP contribution in [0.4, 0.5) is 0 Å². The molecule has 0 spiro atoms. The van der Waals surface area contributed by atoms with Crippen LogP contribution in [0, 0.1) is 0 Å². The largest absolute Gasteiger partial charge is 0.324 e. The molecule has 1 unspecified atom stereocenters. The number of rotatable bonds is 8. The highest BCUT2D eigenvalue weighted by Crippen LogP contribution is 2.15. The fraction of sp³-hybridized carbons (Fsp3) is 0.389. The summed E-state index contributed by atoms with van der Waals surface area (Å²) in [5.74, 6) is 0. The highest BCUT2D eigenvalue weighted by molar-refractivity contribution is 5.18. The highest BCUT2D eigenvalue weighted by atomic mass is 15.1. The smallest absolute Gasteiger partial charge is 0.0295 e. The fourth-order valence-electron chi connectivity index (χ4n) is 2.50. The molecule has 0 amide bonds. The number of aromatic nitrogens is 1. The molecule has 2 N–H and O–H groups in total. The van der Waals surface area contributed by atoms with Crippen LogP contribution in [0.5, 0.6) is 0 Å². The van der Waals surface area contributed by atoms with Gasteiger partial charge in [0.1, 0.15) is 0 Å². The van der Waals surface area contributed by atoms with Crippen LogP contribution in [0.25, 0.3) is 0 Å². The maximum absolute atomic E-state index is 6.25. The van der Waals surface area contributed by atoms with Gasteiger partial charge in [-0.05, 0) is 49.2 Å². The Morgan fingerprint density at radius 2 is 1.81 bits per heavy atom. The van der Waals surface area contributed by atoms with Crippen LogP contribution in [0.15, 0.2) is 54.9 Å². The van der Waals surface area contributed by atoms with E-state index in [1.165, 1.54) is 11.1 Å². The Hall–Kier alpha value is -1.71. The van der Waals surface area contributed by atoms with Crippen LogP contribution >= 0.6 is 0 Å². The zero-order valence-electron chi connectivity index (χ0n) is 12.8. The minimum atomic E-state index is 0.144. The maximum Gasteiger partial charge on any atom is 0.0295 e. The molecule has 21 heavy (non-hydrogen) atoms. The first kappa shape index (κ1) is 15.7. The van der Waals surface area contributed by atoms with E-state index in [1.807, 2.05) is 18.5 Å². The van der Waals surface area contributed by atoms with Crippen molar-refractivity contribution in [2.45, 2.75) is 32.4 Å². The van der Waals surface area contributed by atoms with Crippen LogP contribution in [0.1, 0.15) is 36.9 Å². The number of nitrogens with two attached hydrogens (primary N) is 1. The summed E-state index contributed by atoms with van der Waals surface area (Å²) in [5, 5.41) is 0. The fourth-order valence-corrected chi connectivity index (χ4v) is 2.50. The van der Waals surface area contributed by atoms with Gasteiger partial charge in [0.2, 0.25) is 0 Å². The van der Waals surface area contributed by atoms with E-state index in [1.54, 1.807) is 0 Å². The number of hydrogen-bond acceptors (Lipinski definition) is 3. The van der Waals surface area contributed by atoms with Crippen LogP contribution in [0.3, 0.4) is 0 Å². The third kappa shape index (κ3) is 5.29. The molecule has 3 heteroatoms. The molecule has 1 aromatic carbocycles. The molecule has 0 saturated carbocycles. The third-order valence-electron chi connectivity index (χ3n) is 3.82. The van der Waals surface area contributed by atoms with Crippen LogP contribution in [0.2, 0.25) is 0 Å². The summed E-state index contributed by atoms with van der Waals surface area (Å²) in [5.41, 5.74) is 8.80. The van der Waals surface area contributed by atoms with E-state index in [-0.39, 0.29) is 6.04 Å². The van der Waals surface area contributed by atoms with E-state index in [0.717, 1.165) is 32.5 Å². The molecule has 1 heterocycles. The Morgan fingerprint density at radius 3 is 2.48 bits per heavy atom. The van der Waals surface area contributed by atoms with Crippen molar-refractivity contribution in [2.24, 2.45) is 5.73 Å². The zero-order valence-corrected chi connectivity index (χ0v) is 12.8. The Bertz CT molecular complexity index is 498. The Labute approximate surface area is 127 Å². The van der Waals surface area contributed by atoms with Crippen molar-refractivity contribution in [1.82, 2.24) is 9.88 Å². The second-order valence-corrected chi connectivity index (χ2v) is 5.38. The van der Waals surface area contributed by atoms with Gasteiger partial charge in [0.05, 0.1) is 0 Å². The normalized spacial score (nSPS) is 12.5. The molecular weight excluding hydrogens is 258 g/mol. The molecule has 112 valence electrons. The van der Waals surface area contributed by atoms with Crippen molar-refractivity contribution in [2.75, 3.05) is 13.1 Å². The Morgan fingerprint density at radius 1 is 1.10 bits per heavy atom. The lowest BCUT2D eigenvalue weighted by atomic mass is 10.0. The van der Waals surface area contributed by atoms with E-state index in [2.05, 4.69) is 53.2 Å². The summed E-state index contributed by atoms with van der Waals surface area (Å²) in [6.07, 6.45) is 5.86. The first-order valence-corrected chi connectivity index (χ1v) is 7.71. The van der Waals surface area contributed by atoms with E-state index >= 15 is 0 Å². The molecule has 0 bridgehead atoms. The molecule has 0 saturated heterocycles.